The van der Waals surface area contributed by atoms with E-state index in [9.17, 15) is 9.59 Å². The number of carboxylic acid groups (broad SMARTS) is 1. The van der Waals surface area contributed by atoms with Crippen LogP contribution in [0.15, 0.2) is 0 Å². The quantitative estimate of drug-likeness (QED) is 0.433. The highest BCUT2D eigenvalue weighted by atomic mass is 17.3. The Bertz CT molecular complexity index is 210. The van der Waals surface area contributed by atoms with E-state index in [0.29, 0.717) is 6.42 Å². The third kappa shape index (κ3) is 6.10. The molecule has 0 fully saturated rings. The molecule has 0 saturated heterocycles. The van der Waals surface area contributed by atoms with Crippen LogP contribution in [0.25, 0.3) is 0 Å². The number of hydrogen-bond acceptors (Lipinski definition) is 5. The molecule has 82 valence electrons. The Balaban J connectivity index is 3.86. The van der Waals surface area contributed by atoms with Gasteiger partial charge in [-0.1, -0.05) is 13.3 Å². The van der Waals surface area contributed by atoms with Gasteiger partial charge in [-0.15, -0.1) is 0 Å². The van der Waals surface area contributed by atoms with E-state index in [-0.39, 0.29) is 0 Å². The fourth-order valence-corrected chi connectivity index (χ4v) is 0.965. The number of carbonyl (C=O) groups excluding carboxylic acids is 1. The van der Waals surface area contributed by atoms with Crippen LogP contribution in [0.5, 0.6) is 0 Å². The van der Waals surface area contributed by atoms with E-state index in [2.05, 4.69) is 9.78 Å². The van der Waals surface area contributed by atoms with E-state index in [1.165, 1.54) is 0 Å². The maximum Gasteiger partial charge on any atom is 0.550 e. The molecule has 0 aliphatic heterocycles. The van der Waals surface area contributed by atoms with E-state index in [4.69, 9.17) is 9.84 Å². The molecule has 0 aliphatic rings. The van der Waals surface area contributed by atoms with Crippen LogP contribution in [0.2, 0.25) is 0 Å². The highest BCUT2D eigenvalue weighted by Gasteiger charge is 2.24. The first-order valence-corrected chi connectivity index (χ1v) is 4.18. The average Bonchev–Trinajstić information content (AvgIpc) is 1.99. The molecule has 6 nitrogen and oxygen atoms in total. The summed E-state index contributed by atoms with van der Waals surface area (Å²) in [6.07, 6.45) is -1.38. The van der Waals surface area contributed by atoms with Crippen LogP contribution in [0.3, 0.4) is 0 Å². The van der Waals surface area contributed by atoms with Gasteiger partial charge in [0, 0.05) is 0 Å². The van der Waals surface area contributed by atoms with Crippen molar-refractivity contribution in [1.29, 1.82) is 0 Å². The number of carbonyl (C=O) groups is 2. The van der Waals surface area contributed by atoms with Gasteiger partial charge < -0.3 is 9.84 Å². The predicted molar refractivity (Wildman–Crippen MR) is 45.7 cm³/mol. The zero-order valence-corrected chi connectivity index (χ0v) is 8.40. The van der Waals surface area contributed by atoms with Gasteiger partial charge >= 0.3 is 12.3 Å². The zero-order chi connectivity index (χ0) is 11.2. The fraction of sp³-hybridized carbons (Fsp3) is 0.750. The topological polar surface area (TPSA) is 82.1 Å². The van der Waals surface area contributed by atoms with E-state index in [1.807, 2.05) is 6.92 Å². The minimum atomic E-state index is -1.70. The molecule has 0 saturated carbocycles. The zero-order valence-electron chi connectivity index (χ0n) is 8.40. The smallest absolute Gasteiger partial charge is 0.447 e. The number of rotatable bonds is 3. The van der Waals surface area contributed by atoms with E-state index in [1.54, 1.807) is 13.8 Å². The lowest BCUT2D eigenvalue weighted by atomic mass is 10.0. The van der Waals surface area contributed by atoms with Crippen LogP contribution < -0.4 is 0 Å². The van der Waals surface area contributed by atoms with Crippen LogP contribution in [0, 0.1) is 0 Å². The van der Waals surface area contributed by atoms with Crippen molar-refractivity contribution >= 4 is 12.3 Å². The molecule has 0 rings (SSSR count). The molecule has 0 aliphatic carbocycles. The second-order valence-corrected chi connectivity index (χ2v) is 3.29. The Kier molecular flexibility index (Phi) is 4.76. The summed E-state index contributed by atoms with van der Waals surface area (Å²) in [4.78, 5) is 28.0. The second-order valence-electron chi connectivity index (χ2n) is 3.29. The van der Waals surface area contributed by atoms with Gasteiger partial charge in [-0.25, -0.2) is 9.68 Å². The largest absolute Gasteiger partial charge is 0.550 e. The molecule has 1 N–H and O–H groups in total. The monoisotopic (exact) mass is 206 g/mol. The standard InChI is InChI=1S/C8H14O6/c1-4-5-8(2,3)12-7(11)14-13-6(9)10/h4-5H2,1-3H3,(H,9,10). The summed E-state index contributed by atoms with van der Waals surface area (Å²) >= 11 is 0. The van der Waals surface area contributed by atoms with Gasteiger partial charge in [-0.2, -0.15) is 9.68 Å². The van der Waals surface area contributed by atoms with Gasteiger partial charge in [0.1, 0.15) is 5.60 Å². The van der Waals surface area contributed by atoms with E-state index < -0.39 is 17.9 Å². The highest BCUT2D eigenvalue weighted by molar-refractivity contribution is 5.62. The van der Waals surface area contributed by atoms with Crippen molar-refractivity contribution in [2.45, 2.75) is 39.2 Å². The first-order valence-electron chi connectivity index (χ1n) is 4.18. The molecular weight excluding hydrogens is 192 g/mol. The first kappa shape index (κ1) is 12.5. The average molecular weight is 206 g/mol. The lowest BCUT2D eigenvalue weighted by Gasteiger charge is -2.22. The van der Waals surface area contributed by atoms with Gasteiger partial charge in [0.05, 0.1) is 0 Å². The second kappa shape index (κ2) is 5.31. The van der Waals surface area contributed by atoms with Crippen molar-refractivity contribution in [3.05, 3.63) is 0 Å². The van der Waals surface area contributed by atoms with Crippen molar-refractivity contribution < 1.29 is 29.2 Å². The summed E-state index contributed by atoms with van der Waals surface area (Å²) in [5, 5.41) is 8.01. The Hall–Kier alpha value is -1.46. The summed E-state index contributed by atoms with van der Waals surface area (Å²) < 4.78 is 4.78. The van der Waals surface area contributed by atoms with Gasteiger partial charge in [-0.05, 0) is 20.3 Å². The summed E-state index contributed by atoms with van der Waals surface area (Å²) in [6.45, 7) is 5.32. The van der Waals surface area contributed by atoms with E-state index >= 15 is 0 Å². The third-order valence-corrected chi connectivity index (χ3v) is 1.39. The van der Waals surface area contributed by atoms with Crippen LogP contribution in [-0.2, 0) is 14.5 Å². The Labute approximate surface area is 81.7 Å². The molecule has 14 heavy (non-hydrogen) atoms. The van der Waals surface area contributed by atoms with Crippen molar-refractivity contribution in [3.8, 4) is 0 Å². The predicted octanol–water partition coefficient (Wildman–Crippen LogP) is 2.33. The lowest BCUT2D eigenvalue weighted by molar-refractivity contribution is -0.222. The van der Waals surface area contributed by atoms with E-state index in [0.717, 1.165) is 6.42 Å². The van der Waals surface area contributed by atoms with Crippen LogP contribution in [0.1, 0.15) is 33.6 Å². The number of hydrogen-bond donors (Lipinski definition) is 1. The summed E-state index contributed by atoms with van der Waals surface area (Å²) in [5.41, 5.74) is -0.687. The molecule has 0 bridgehead atoms. The Morgan fingerprint density at radius 1 is 1.29 bits per heavy atom. The van der Waals surface area contributed by atoms with Gasteiger partial charge in [0.25, 0.3) is 0 Å². The molecule has 0 spiro atoms. The SMILES string of the molecule is CCCC(C)(C)OC(=O)OOC(=O)O. The van der Waals surface area contributed by atoms with Crippen molar-refractivity contribution in [3.63, 3.8) is 0 Å². The molecule has 0 unspecified atom stereocenters. The Morgan fingerprint density at radius 3 is 2.29 bits per heavy atom. The van der Waals surface area contributed by atoms with Crippen LogP contribution in [-0.4, -0.2) is 23.0 Å². The minimum Gasteiger partial charge on any atom is -0.447 e. The Morgan fingerprint density at radius 2 is 1.86 bits per heavy atom. The van der Waals surface area contributed by atoms with Crippen molar-refractivity contribution in [2.75, 3.05) is 0 Å². The van der Waals surface area contributed by atoms with Gasteiger partial charge in [-0.3, -0.25) is 0 Å². The van der Waals surface area contributed by atoms with Gasteiger partial charge in [0.15, 0.2) is 0 Å². The van der Waals surface area contributed by atoms with Crippen molar-refractivity contribution in [2.24, 2.45) is 0 Å². The lowest BCUT2D eigenvalue weighted by Crippen LogP contribution is -2.28. The maximum absolute atomic E-state index is 10.8. The third-order valence-electron chi connectivity index (χ3n) is 1.39. The van der Waals surface area contributed by atoms with Crippen LogP contribution >= 0.6 is 0 Å². The fourth-order valence-electron chi connectivity index (χ4n) is 0.965. The molecule has 0 atom stereocenters. The molecule has 0 aromatic rings. The number of ether oxygens (including phenoxy) is 1. The molecule has 0 heterocycles. The molecule has 0 aromatic heterocycles. The summed E-state index contributed by atoms with van der Waals surface area (Å²) in [6, 6.07) is 0. The van der Waals surface area contributed by atoms with Crippen molar-refractivity contribution in [1.82, 2.24) is 0 Å². The maximum atomic E-state index is 10.8. The normalized spacial score (nSPS) is 10.5. The molecule has 6 heteroatoms. The van der Waals surface area contributed by atoms with Gasteiger partial charge in [0.2, 0.25) is 0 Å². The summed E-state index contributed by atoms with van der Waals surface area (Å²) in [5.74, 6) is 0. The molecule has 0 radical (unpaired) electrons. The molecule has 0 amide bonds. The first-order chi connectivity index (χ1) is 6.37. The highest BCUT2D eigenvalue weighted by Crippen LogP contribution is 2.17. The summed E-state index contributed by atoms with van der Waals surface area (Å²) in [7, 11) is 0. The van der Waals surface area contributed by atoms with Crippen LogP contribution in [0.4, 0.5) is 9.59 Å². The molecule has 0 aromatic carbocycles. The molecular formula is C8H14O6. The minimum absolute atomic E-state index is 0.648.